The third-order valence-electron chi connectivity index (χ3n) is 10.4. The lowest BCUT2D eigenvalue weighted by Crippen LogP contribution is -2.61. The minimum absolute atomic E-state index is 0.00381. The van der Waals surface area contributed by atoms with Gasteiger partial charge in [-0.1, -0.05) is 13.8 Å². The van der Waals surface area contributed by atoms with Gasteiger partial charge in [0.2, 0.25) is 5.91 Å². The maximum absolute atomic E-state index is 14.2. The summed E-state index contributed by atoms with van der Waals surface area (Å²) in [6.07, 6.45) is 1.04. The molecule has 1 amide bonds. The highest BCUT2D eigenvalue weighted by atomic mass is 16.7. The fourth-order valence-electron chi connectivity index (χ4n) is 7.42. The minimum Gasteiger partial charge on any atom is -0.463 e. The Morgan fingerprint density at radius 1 is 1.07 bits per heavy atom. The summed E-state index contributed by atoms with van der Waals surface area (Å²) < 4.78 is 25.2. The van der Waals surface area contributed by atoms with E-state index >= 15 is 0 Å². The highest BCUT2D eigenvalue weighted by Gasteiger charge is 2.51. The Labute approximate surface area is 278 Å². The number of carbonyl (C=O) groups is 3. The summed E-state index contributed by atoms with van der Waals surface area (Å²) in [6.45, 7) is 19.8. The monoisotopic (exact) mass is 652 g/mol. The van der Waals surface area contributed by atoms with Crippen molar-refractivity contribution >= 4 is 17.7 Å². The van der Waals surface area contributed by atoms with Gasteiger partial charge < -0.3 is 34.1 Å². The summed E-state index contributed by atoms with van der Waals surface area (Å²) in [6, 6.07) is 0.183. The molecule has 0 aromatic rings. The zero-order chi connectivity index (χ0) is 34.8. The Morgan fingerprint density at radius 3 is 2.26 bits per heavy atom. The molecule has 0 aromatic carbocycles. The topological polar surface area (TPSA) is 110 Å². The highest BCUT2D eigenvalue weighted by Crippen LogP contribution is 2.38. The van der Waals surface area contributed by atoms with Crippen LogP contribution in [0, 0.1) is 23.2 Å². The number of likely N-dealkylation sites (N-methyl/N-ethyl adjacent to an activating group) is 1. The quantitative estimate of drug-likeness (QED) is 0.325. The molecule has 0 aromatic heterocycles. The molecule has 0 aliphatic carbocycles. The molecule has 0 bridgehead atoms. The smallest absolute Gasteiger partial charge is 0.319 e. The van der Waals surface area contributed by atoms with Gasteiger partial charge >= 0.3 is 5.97 Å². The number of amides is 1. The minimum atomic E-state index is -1.40. The summed E-state index contributed by atoms with van der Waals surface area (Å²) in [5.74, 6) is -1.09. The molecule has 46 heavy (non-hydrogen) atoms. The third-order valence-corrected chi connectivity index (χ3v) is 10.4. The number of nitrogens with zero attached hydrogens (tertiary/aromatic N) is 3. The van der Waals surface area contributed by atoms with Crippen LogP contribution in [0.5, 0.6) is 0 Å². The molecule has 3 rings (SSSR count). The normalized spacial score (nSPS) is 36.0. The number of cyclic esters (lactones) is 1. The first-order chi connectivity index (χ1) is 21.2. The van der Waals surface area contributed by atoms with Gasteiger partial charge in [-0.15, -0.1) is 0 Å². The number of nitrogens with one attached hydrogen (secondary N) is 1. The Kier molecular flexibility index (Phi) is 12.9. The molecule has 0 spiro atoms. The second kappa shape index (κ2) is 15.3. The second-order valence-corrected chi connectivity index (χ2v) is 16.4. The van der Waals surface area contributed by atoms with E-state index < -0.39 is 35.3 Å². The van der Waals surface area contributed by atoms with Gasteiger partial charge in [0.1, 0.15) is 12.0 Å². The maximum atomic E-state index is 14.2. The summed E-state index contributed by atoms with van der Waals surface area (Å²) >= 11 is 0. The van der Waals surface area contributed by atoms with E-state index in [0.29, 0.717) is 25.9 Å². The van der Waals surface area contributed by atoms with Crippen molar-refractivity contribution in [2.24, 2.45) is 23.2 Å². The van der Waals surface area contributed by atoms with Gasteiger partial charge in [-0.05, 0) is 88.4 Å². The Balaban J connectivity index is 1.86. The zero-order valence-corrected chi connectivity index (χ0v) is 31.0. The Morgan fingerprint density at radius 2 is 1.70 bits per heavy atom. The molecule has 3 heterocycles. The van der Waals surface area contributed by atoms with Crippen molar-refractivity contribution in [1.82, 2.24) is 20.0 Å². The molecule has 0 saturated carbocycles. The molecule has 3 aliphatic heterocycles. The van der Waals surface area contributed by atoms with Gasteiger partial charge in [0.15, 0.2) is 12.1 Å². The summed E-state index contributed by atoms with van der Waals surface area (Å²) in [4.78, 5) is 47.0. The van der Waals surface area contributed by atoms with Crippen molar-refractivity contribution < 1.29 is 33.3 Å². The van der Waals surface area contributed by atoms with E-state index in [-0.39, 0.29) is 60.4 Å². The number of ether oxygens (including phenoxy) is 4. The van der Waals surface area contributed by atoms with E-state index in [4.69, 9.17) is 18.9 Å². The van der Waals surface area contributed by atoms with Gasteiger partial charge in [0.25, 0.3) is 0 Å². The van der Waals surface area contributed by atoms with Crippen molar-refractivity contribution in [2.45, 2.75) is 123 Å². The Bertz CT molecular complexity index is 1060. The third kappa shape index (κ3) is 9.50. The summed E-state index contributed by atoms with van der Waals surface area (Å²) in [5, 5.41) is 3.27. The Hall–Kier alpha value is -1.63. The van der Waals surface area contributed by atoms with E-state index in [1.807, 2.05) is 46.4 Å². The van der Waals surface area contributed by atoms with Crippen molar-refractivity contribution in [3.8, 4) is 0 Å². The predicted octanol–water partition coefficient (Wildman–Crippen LogP) is 3.19. The van der Waals surface area contributed by atoms with Crippen molar-refractivity contribution in [3.63, 3.8) is 0 Å². The molecule has 3 fully saturated rings. The van der Waals surface area contributed by atoms with Crippen LogP contribution in [0.2, 0.25) is 0 Å². The summed E-state index contributed by atoms with van der Waals surface area (Å²) in [5.41, 5.74) is -2.38. The number of methoxy groups -OCH3 is 1. The number of Topliss-reactive ketones (excluding diaryl/α,β-unsaturated/α-hetero) is 1. The van der Waals surface area contributed by atoms with Crippen molar-refractivity contribution in [3.05, 3.63) is 0 Å². The van der Waals surface area contributed by atoms with E-state index in [2.05, 4.69) is 43.2 Å². The molecule has 3 saturated heterocycles. The van der Waals surface area contributed by atoms with Gasteiger partial charge in [-0.2, -0.15) is 0 Å². The molecular weight excluding hydrogens is 588 g/mol. The molecule has 266 valence electrons. The number of carbonyl (C=O) groups excluding carboxylic acids is 3. The van der Waals surface area contributed by atoms with Gasteiger partial charge in [-0.3, -0.25) is 19.3 Å². The molecule has 11 heteroatoms. The number of hydrogen-bond donors (Lipinski definition) is 1. The SMILES string of the molecule is CO[C@]1(C)C[C@@H](C)CN(C)C(C2CN(C(=O)CNC(C)(C)C)C2)COC(=O)C(C)(C)C(=O)[C@H](C)[C@H]1O[C@H]1C[C@@H](N(C)C)C[C@@H](C)O1. The van der Waals surface area contributed by atoms with Crippen LogP contribution in [-0.2, 0) is 33.3 Å². The number of ketones is 1. The van der Waals surface area contributed by atoms with Crippen molar-refractivity contribution in [2.75, 3.05) is 61.0 Å². The summed E-state index contributed by atoms with van der Waals surface area (Å²) in [7, 11) is 7.85. The van der Waals surface area contributed by atoms with Crippen LogP contribution in [0.4, 0.5) is 0 Å². The van der Waals surface area contributed by atoms with Gasteiger partial charge in [0.05, 0.1) is 24.4 Å². The molecule has 11 nitrogen and oxygen atoms in total. The van der Waals surface area contributed by atoms with Crippen LogP contribution in [0.25, 0.3) is 0 Å². The number of esters is 1. The van der Waals surface area contributed by atoms with Crippen LogP contribution in [0.1, 0.15) is 81.6 Å². The predicted molar refractivity (Wildman–Crippen MR) is 178 cm³/mol. The van der Waals surface area contributed by atoms with Crippen LogP contribution in [0.3, 0.4) is 0 Å². The van der Waals surface area contributed by atoms with E-state index in [9.17, 15) is 14.4 Å². The van der Waals surface area contributed by atoms with Crippen LogP contribution < -0.4 is 5.32 Å². The van der Waals surface area contributed by atoms with Crippen LogP contribution in [0.15, 0.2) is 0 Å². The maximum Gasteiger partial charge on any atom is 0.319 e. The van der Waals surface area contributed by atoms with E-state index in [1.54, 1.807) is 21.0 Å². The number of rotatable bonds is 7. The first-order valence-corrected chi connectivity index (χ1v) is 17.2. The lowest BCUT2D eigenvalue weighted by molar-refractivity contribution is -0.263. The zero-order valence-electron chi connectivity index (χ0n) is 31.0. The standard InChI is InChI=1S/C35H64N4O7/c1-22-16-35(9,43-13)31(46-29-15-26(37(10)11)14-23(2)45-29)24(3)30(41)34(7,8)32(42)44-21-27(38(12)18-22)25-19-39(20-25)28(40)17-36-33(4,5)6/h22-27,29,31,36H,14-21H2,1-13H3/t22-,23-,24+,26+,27?,29+,31-,35-/m1/s1. The molecular formula is C35H64N4O7. The fourth-order valence-corrected chi connectivity index (χ4v) is 7.42. The lowest BCUT2D eigenvalue weighted by atomic mass is 9.74. The molecule has 1 unspecified atom stereocenters. The molecule has 1 N–H and O–H groups in total. The average Bonchev–Trinajstić information content (AvgIpc) is 2.93. The number of likely N-dealkylation sites (tertiary alicyclic amines) is 1. The van der Waals surface area contributed by atoms with Crippen molar-refractivity contribution in [1.29, 1.82) is 0 Å². The van der Waals surface area contributed by atoms with E-state index in [0.717, 1.165) is 13.0 Å². The average molecular weight is 653 g/mol. The first-order valence-electron chi connectivity index (χ1n) is 17.2. The lowest BCUT2D eigenvalue weighted by Gasteiger charge is -2.47. The molecule has 0 radical (unpaired) electrons. The number of hydrogen-bond acceptors (Lipinski definition) is 10. The highest BCUT2D eigenvalue weighted by molar-refractivity contribution is 6.04. The van der Waals surface area contributed by atoms with Gasteiger partial charge in [0, 0.05) is 62.6 Å². The fraction of sp³-hybridized carbons (Fsp3) is 0.914. The van der Waals surface area contributed by atoms with Gasteiger partial charge in [-0.25, -0.2) is 0 Å². The molecule has 8 atom stereocenters. The van der Waals surface area contributed by atoms with E-state index in [1.165, 1.54) is 0 Å². The van der Waals surface area contributed by atoms with Crippen LogP contribution in [-0.4, -0.2) is 135 Å². The first kappa shape index (κ1) is 38.8. The second-order valence-electron chi connectivity index (χ2n) is 16.4. The largest absolute Gasteiger partial charge is 0.463 e. The molecule has 3 aliphatic rings. The van der Waals surface area contributed by atoms with Crippen LogP contribution >= 0.6 is 0 Å².